The third-order valence-corrected chi connectivity index (χ3v) is 1.22. The Morgan fingerprint density at radius 3 is 2.17 bits per heavy atom. The van der Waals surface area contributed by atoms with Gasteiger partial charge in [0, 0.05) is 4.91 Å². The zero-order valence-corrected chi connectivity index (χ0v) is 6.08. The summed E-state index contributed by atoms with van der Waals surface area (Å²) in [5.41, 5.74) is 5.38. The summed E-state index contributed by atoms with van der Waals surface area (Å²) >= 11 is 0. The first-order chi connectivity index (χ1) is 5.45. The second-order valence-electron chi connectivity index (χ2n) is 2.12. The van der Waals surface area contributed by atoms with E-state index in [1.54, 1.807) is 0 Å². The van der Waals surface area contributed by atoms with Crippen LogP contribution in [0.25, 0.3) is 10.4 Å². The Balaban J connectivity index is 4.74. The molecule has 12 heavy (non-hydrogen) atoms. The van der Waals surface area contributed by atoms with Crippen molar-refractivity contribution in [2.24, 2.45) is 5.11 Å². The molecule has 0 atom stereocenters. The Morgan fingerprint density at radius 2 is 1.92 bits per heavy atom. The molecule has 0 amide bonds. The zero-order valence-electron chi connectivity index (χ0n) is 6.08. The second-order valence-corrected chi connectivity index (χ2v) is 2.12. The van der Waals surface area contributed by atoms with Gasteiger partial charge < -0.3 is 0 Å². The minimum absolute atomic E-state index is 0.779. The zero-order chi connectivity index (χ0) is 9.78. The molecule has 9 nitrogen and oxygen atoms in total. The Morgan fingerprint density at radius 1 is 1.50 bits per heavy atom. The van der Waals surface area contributed by atoms with Crippen LogP contribution in [0.15, 0.2) is 5.11 Å². The number of rotatable bonds is 4. The molecular weight excluding hydrogens is 170 g/mol. The third-order valence-electron chi connectivity index (χ3n) is 1.22. The molecule has 0 N–H and O–H groups in total. The van der Waals surface area contributed by atoms with Crippen molar-refractivity contribution < 1.29 is 9.85 Å². The van der Waals surface area contributed by atoms with E-state index in [1.165, 1.54) is 0 Å². The minimum atomic E-state index is -2.42. The molecule has 0 aromatic heterocycles. The lowest BCUT2D eigenvalue weighted by molar-refractivity contribution is -0.788. The van der Waals surface area contributed by atoms with E-state index in [4.69, 9.17) is 5.53 Å². The summed E-state index contributed by atoms with van der Waals surface area (Å²) in [6.07, 6.45) is 0. The predicted octanol–water partition coefficient (Wildman–Crippen LogP) is 0.566. The maximum Gasteiger partial charge on any atom is 0.461 e. The van der Waals surface area contributed by atoms with Crippen LogP contribution in [0.4, 0.5) is 0 Å². The van der Waals surface area contributed by atoms with Gasteiger partial charge in [0.1, 0.15) is 0 Å². The van der Waals surface area contributed by atoms with E-state index in [9.17, 15) is 20.2 Å². The Kier molecular flexibility index (Phi) is 2.94. The van der Waals surface area contributed by atoms with Gasteiger partial charge in [-0.15, -0.1) is 0 Å². The van der Waals surface area contributed by atoms with Crippen LogP contribution in [0.3, 0.4) is 0 Å². The number of azide groups is 1. The van der Waals surface area contributed by atoms with Crippen molar-refractivity contribution in [2.75, 3.05) is 6.54 Å². The molecule has 0 aliphatic heterocycles. The van der Waals surface area contributed by atoms with Crippen molar-refractivity contribution in [1.29, 1.82) is 0 Å². The number of hydrogen-bond donors (Lipinski definition) is 0. The van der Waals surface area contributed by atoms with E-state index in [-0.39, 0.29) is 0 Å². The average molecular weight is 175 g/mol. The smallest absolute Gasteiger partial charge is 0.258 e. The van der Waals surface area contributed by atoms with E-state index < -0.39 is 22.1 Å². The van der Waals surface area contributed by atoms with Gasteiger partial charge in [-0.25, -0.2) is 0 Å². The van der Waals surface area contributed by atoms with Gasteiger partial charge >= 0.3 is 5.66 Å². The first-order valence-electron chi connectivity index (χ1n) is 2.75. The van der Waals surface area contributed by atoms with Crippen LogP contribution >= 0.6 is 0 Å². The lowest BCUT2D eigenvalue weighted by Gasteiger charge is -2.08. The predicted molar refractivity (Wildman–Crippen MR) is 36.4 cm³/mol. The molecule has 0 aliphatic carbocycles. The van der Waals surface area contributed by atoms with Gasteiger partial charge in [-0.3, -0.25) is 20.2 Å². The lowest BCUT2D eigenvalue weighted by Crippen LogP contribution is -2.45. The fourth-order valence-corrected chi connectivity index (χ4v) is 0.348. The maximum absolute atomic E-state index is 10.1. The van der Waals surface area contributed by atoms with Gasteiger partial charge in [0.15, 0.2) is 6.54 Å². The monoisotopic (exact) mass is 175 g/mol. The highest BCUT2D eigenvalue weighted by molar-refractivity contribution is 4.63. The van der Waals surface area contributed by atoms with Gasteiger partial charge in [0.2, 0.25) is 0 Å². The molecule has 0 aliphatic rings. The Hall–Kier alpha value is -1.89. The fourth-order valence-electron chi connectivity index (χ4n) is 0.348. The van der Waals surface area contributed by atoms with Crippen molar-refractivity contribution in [3.05, 3.63) is 30.7 Å². The molecule has 0 unspecified atom stereocenters. The summed E-state index contributed by atoms with van der Waals surface area (Å²) in [6.45, 7) is -0.0226. The molecule has 0 saturated heterocycles. The quantitative estimate of drug-likeness (QED) is 0.154. The van der Waals surface area contributed by atoms with E-state index in [0.717, 1.165) is 6.92 Å². The molecule has 0 aromatic rings. The van der Waals surface area contributed by atoms with Gasteiger partial charge in [0.25, 0.3) is 0 Å². The molecule has 0 heterocycles. The van der Waals surface area contributed by atoms with E-state index in [2.05, 4.69) is 10.0 Å². The number of nitrogens with zero attached hydrogens (tertiary/aromatic N) is 5. The summed E-state index contributed by atoms with van der Waals surface area (Å²) < 4.78 is 0. The standard InChI is InChI=1S/C3H5N5O4/c1-3(7(9)10,8(11)12)2-5-6-4/h2H2,1H3. The largest absolute Gasteiger partial charge is 0.461 e. The Bertz CT molecular complexity index is 241. The molecule has 0 radical (unpaired) electrons. The van der Waals surface area contributed by atoms with Crippen molar-refractivity contribution >= 4 is 0 Å². The molecule has 0 spiro atoms. The van der Waals surface area contributed by atoms with Gasteiger partial charge in [-0.1, -0.05) is 5.11 Å². The van der Waals surface area contributed by atoms with E-state index in [0.29, 0.717) is 0 Å². The topological polar surface area (TPSA) is 135 Å². The van der Waals surface area contributed by atoms with E-state index >= 15 is 0 Å². The highest BCUT2D eigenvalue weighted by Crippen LogP contribution is 2.09. The van der Waals surface area contributed by atoms with E-state index in [1.807, 2.05) is 0 Å². The average Bonchev–Trinajstić information content (AvgIpc) is 1.99. The summed E-state index contributed by atoms with van der Waals surface area (Å²) in [4.78, 5) is 20.3. The van der Waals surface area contributed by atoms with Gasteiger partial charge in [-0.05, 0) is 5.53 Å². The summed E-state index contributed by atoms with van der Waals surface area (Å²) in [6, 6.07) is 0. The lowest BCUT2D eigenvalue weighted by atomic mass is 10.2. The highest BCUT2D eigenvalue weighted by Gasteiger charge is 2.49. The van der Waals surface area contributed by atoms with Crippen molar-refractivity contribution in [3.8, 4) is 0 Å². The second kappa shape index (κ2) is 3.49. The molecule has 0 fully saturated rings. The van der Waals surface area contributed by atoms with Crippen LogP contribution < -0.4 is 0 Å². The first-order valence-corrected chi connectivity index (χ1v) is 2.75. The molecular formula is C3H5N5O4. The van der Waals surface area contributed by atoms with Crippen LogP contribution in [0, 0.1) is 20.2 Å². The fraction of sp³-hybridized carbons (Fsp3) is 1.00. The number of hydrogen-bond acceptors (Lipinski definition) is 5. The van der Waals surface area contributed by atoms with Crippen molar-refractivity contribution in [3.63, 3.8) is 0 Å². The van der Waals surface area contributed by atoms with Crippen LogP contribution in [0.5, 0.6) is 0 Å². The maximum atomic E-state index is 10.1. The molecule has 0 bridgehead atoms. The summed E-state index contributed by atoms with van der Waals surface area (Å²) in [5, 5.41) is 23.1. The molecule has 66 valence electrons. The third kappa shape index (κ3) is 1.80. The van der Waals surface area contributed by atoms with Crippen LogP contribution in [-0.4, -0.2) is 22.1 Å². The minimum Gasteiger partial charge on any atom is -0.258 e. The molecule has 9 heteroatoms. The molecule has 0 saturated carbocycles. The van der Waals surface area contributed by atoms with Crippen molar-refractivity contribution in [1.82, 2.24) is 0 Å². The highest BCUT2D eigenvalue weighted by atomic mass is 16.7. The summed E-state index contributed by atoms with van der Waals surface area (Å²) in [7, 11) is 0. The summed E-state index contributed by atoms with van der Waals surface area (Å²) in [5.74, 6) is 0. The SMILES string of the molecule is CC(CN=[N+]=[N-])([N+](=O)[O-])[N+](=O)[O-]. The van der Waals surface area contributed by atoms with Crippen molar-refractivity contribution in [2.45, 2.75) is 12.6 Å². The van der Waals surface area contributed by atoms with Crippen LogP contribution in [0.1, 0.15) is 6.92 Å². The molecule has 0 rings (SSSR count). The molecule has 0 aromatic carbocycles. The first kappa shape index (κ1) is 10.1. The van der Waals surface area contributed by atoms with Crippen LogP contribution in [0.2, 0.25) is 0 Å². The van der Waals surface area contributed by atoms with Crippen LogP contribution in [-0.2, 0) is 0 Å². The number of nitro groups is 2. The van der Waals surface area contributed by atoms with Gasteiger partial charge in [0.05, 0.1) is 16.8 Å². The Labute approximate surface area is 65.9 Å². The normalized spacial score (nSPS) is 10.1. The van der Waals surface area contributed by atoms with Gasteiger partial charge in [-0.2, -0.15) is 0 Å².